The van der Waals surface area contributed by atoms with Crippen LogP contribution in [-0.2, 0) is 25.2 Å². The average Bonchev–Trinajstić information content (AvgIpc) is 3.54. The maximum Gasteiger partial charge on any atom is 0.254 e. The normalized spacial score (nSPS) is 14.7. The SMILES string of the molecule is CC(C)=CN=C(/C=C(\C)c1ccc(CNC(=O)c2cnn(C(C)(C)C)c2)cc1)Nc1cc2n(n1)CCCN(CCO)C2. The molecule has 2 aromatic heterocycles. The van der Waals surface area contributed by atoms with Crippen molar-refractivity contribution in [3.8, 4) is 0 Å². The molecule has 42 heavy (non-hydrogen) atoms. The molecule has 1 aliphatic rings. The smallest absolute Gasteiger partial charge is 0.254 e. The van der Waals surface area contributed by atoms with Crippen LogP contribution in [0.25, 0.3) is 5.57 Å². The molecule has 0 saturated heterocycles. The summed E-state index contributed by atoms with van der Waals surface area (Å²) >= 11 is 0. The fraction of sp³-hybridized carbons (Fsp3) is 0.438. The summed E-state index contributed by atoms with van der Waals surface area (Å²) in [5.74, 6) is 1.30. The fourth-order valence-corrected chi connectivity index (χ4v) is 4.62. The van der Waals surface area contributed by atoms with Crippen molar-refractivity contribution < 1.29 is 9.90 Å². The number of hydrogen-bond donors (Lipinski definition) is 3. The second-order valence-electron chi connectivity index (χ2n) is 12.0. The minimum atomic E-state index is -0.175. The van der Waals surface area contributed by atoms with Crippen LogP contribution in [0.2, 0.25) is 0 Å². The van der Waals surface area contributed by atoms with Gasteiger partial charge in [-0.1, -0.05) is 29.8 Å². The van der Waals surface area contributed by atoms with Gasteiger partial charge in [-0.05, 0) is 70.7 Å². The monoisotopic (exact) mass is 572 g/mol. The molecule has 0 radical (unpaired) electrons. The predicted octanol–water partition coefficient (Wildman–Crippen LogP) is 4.80. The molecule has 1 amide bonds. The highest BCUT2D eigenvalue weighted by molar-refractivity contribution is 6.07. The third kappa shape index (κ3) is 8.50. The highest BCUT2D eigenvalue weighted by Crippen LogP contribution is 2.19. The Morgan fingerprint density at radius 2 is 1.88 bits per heavy atom. The summed E-state index contributed by atoms with van der Waals surface area (Å²) in [5, 5.41) is 24.9. The van der Waals surface area contributed by atoms with Crippen LogP contribution in [-0.4, -0.2) is 61.0 Å². The molecule has 1 aromatic carbocycles. The quantitative estimate of drug-likeness (QED) is 0.251. The zero-order chi connectivity index (χ0) is 30.3. The van der Waals surface area contributed by atoms with Crippen molar-refractivity contribution in [1.82, 2.24) is 29.8 Å². The molecule has 0 unspecified atom stereocenters. The first-order chi connectivity index (χ1) is 20.0. The first kappa shape index (κ1) is 30.9. The number of aliphatic imine (C=N–C) groups is 1. The number of nitrogens with one attached hydrogen (secondary N) is 2. The van der Waals surface area contributed by atoms with Gasteiger partial charge in [0, 0.05) is 51.2 Å². The lowest BCUT2D eigenvalue weighted by Gasteiger charge is -2.18. The summed E-state index contributed by atoms with van der Waals surface area (Å²) in [7, 11) is 0. The second kappa shape index (κ2) is 13.8. The van der Waals surface area contributed by atoms with E-state index in [1.165, 1.54) is 0 Å². The molecule has 10 nitrogen and oxygen atoms in total. The topological polar surface area (TPSA) is 113 Å². The van der Waals surface area contributed by atoms with Crippen molar-refractivity contribution in [2.45, 2.75) is 73.1 Å². The zero-order valence-corrected chi connectivity index (χ0v) is 25.7. The maximum atomic E-state index is 12.6. The fourth-order valence-electron chi connectivity index (χ4n) is 4.62. The Balaban J connectivity index is 1.43. The Bertz CT molecular complexity index is 1450. The summed E-state index contributed by atoms with van der Waals surface area (Å²) in [6.07, 6.45) is 8.24. The van der Waals surface area contributed by atoms with Crippen LogP contribution in [0.4, 0.5) is 5.82 Å². The number of hydrogen-bond acceptors (Lipinski definition) is 6. The summed E-state index contributed by atoms with van der Waals surface area (Å²) in [5.41, 5.74) is 5.70. The van der Waals surface area contributed by atoms with Crippen LogP contribution in [0.15, 0.2) is 65.6 Å². The number of benzene rings is 1. The van der Waals surface area contributed by atoms with E-state index >= 15 is 0 Å². The van der Waals surface area contributed by atoms with Gasteiger partial charge in [0.05, 0.1) is 29.6 Å². The van der Waals surface area contributed by atoms with Gasteiger partial charge in [0.1, 0.15) is 5.84 Å². The molecule has 4 rings (SSSR count). The van der Waals surface area contributed by atoms with E-state index in [1.54, 1.807) is 17.1 Å². The van der Waals surface area contributed by atoms with Gasteiger partial charge in [0.15, 0.2) is 5.82 Å². The molecule has 0 spiro atoms. The standard InChI is InChI=1S/C32H44N8O2/c1-23(2)18-33-29(36-30-17-28-22-38(14-15-41)12-7-13-39(28)37-30)16-24(3)26-10-8-25(9-11-26)19-34-31(42)27-20-35-40(21-27)32(4,5)6/h8-11,16-18,20-21,41H,7,12-15,19,22H2,1-6H3,(H,34,42)(H,33,36,37)/b24-16+. The molecule has 0 fully saturated rings. The number of anilines is 1. The number of fused-ring (bicyclic) bond motifs is 1. The van der Waals surface area contributed by atoms with Gasteiger partial charge in [-0.15, -0.1) is 0 Å². The summed E-state index contributed by atoms with van der Waals surface area (Å²) in [6.45, 7) is 16.0. The van der Waals surface area contributed by atoms with E-state index in [1.807, 2.05) is 63.7 Å². The molecule has 10 heteroatoms. The number of β-amino-alcohol motifs (C(OH)–C–C–N with tert-alkyl or cyclic N) is 1. The summed E-state index contributed by atoms with van der Waals surface area (Å²) in [6, 6.07) is 10.2. The molecular formula is C32H44N8O2. The lowest BCUT2D eigenvalue weighted by atomic mass is 10.0. The molecular weight excluding hydrogens is 528 g/mol. The number of carbonyl (C=O) groups excluding carboxylic acids is 1. The maximum absolute atomic E-state index is 12.6. The number of amidine groups is 1. The number of allylic oxidation sites excluding steroid dienone is 2. The molecule has 3 N–H and O–H groups in total. The summed E-state index contributed by atoms with van der Waals surface area (Å²) < 4.78 is 3.84. The molecule has 3 aromatic rings. The number of aliphatic hydroxyl groups excluding tert-OH is 1. The lowest BCUT2D eigenvalue weighted by molar-refractivity contribution is 0.0950. The van der Waals surface area contributed by atoms with E-state index in [9.17, 15) is 9.90 Å². The number of aromatic nitrogens is 4. The predicted molar refractivity (Wildman–Crippen MR) is 168 cm³/mol. The first-order valence-corrected chi connectivity index (χ1v) is 14.5. The lowest BCUT2D eigenvalue weighted by Crippen LogP contribution is -2.26. The minimum Gasteiger partial charge on any atom is -0.395 e. The molecule has 0 saturated carbocycles. The van der Waals surface area contributed by atoms with Crippen molar-refractivity contribution in [2.75, 3.05) is 25.0 Å². The van der Waals surface area contributed by atoms with Crippen LogP contribution in [0.1, 0.15) is 75.1 Å². The van der Waals surface area contributed by atoms with Crippen LogP contribution < -0.4 is 10.6 Å². The number of nitrogens with zero attached hydrogens (tertiary/aromatic N) is 6. The van der Waals surface area contributed by atoms with Crippen LogP contribution in [0.5, 0.6) is 0 Å². The van der Waals surface area contributed by atoms with Gasteiger partial charge in [0.25, 0.3) is 5.91 Å². The largest absolute Gasteiger partial charge is 0.395 e. The number of aryl methyl sites for hydroxylation is 1. The van der Waals surface area contributed by atoms with Crippen LogP contribution >= 0.6 is 0 Å². The highest BCUT2D eigenvalue weighted by Gasteiger charge is 2.18. The Morgan fingerprint density at radius 3 is 2.55 bits per heavy atom. The van der Waals surface area contributed by atoms with Crippen molar-refractivity contribution in [3.63, 3.8) is 0 Å². The van der Waals surface area contributed by atoms with E-state index in [0.717, 1.165) is 59.8 Å². The molecule has 224 valence electrons. The average molecular weight is 573 g/mol. The summed E-state index contributed by atoms with van der Waals surface area (Å²) in [4.78, 5) is 19.6. The Morgan fingerprint density at radius 1 is 1.12 bits per heavy atom. The van der Waals surface area contributed by atoms with E-state index in [0.29, 0.717) is 24.5 Å². The number of rotatable bonds is 9. The highest BCUT2D eigenvalue weighted by atomic mass is 16.3. The molecule has 3 heterocycles. The van der Waals surface area contributed by atoms with Gasteiger partial charge >= 0.3 is 0 Å². The van der Waals surface area contributed by atoms with Crippen LogP contribution in [0, 0.1) is 0 Å². The second-order valence-corrected chi connectivity index (χ2v) is 12.0. The van der Waals surface area contributed by atoms with Crippen molar-refractivity contribution in [1.29, 1.82) is 0 Å². The number of amides is 1. The van der Waals surface area contributed by atoms with E-state index in [4.69, 9.17) is 5.10 Å². The van der Waals surface area contributed by atoms with Gasteiger partial charge in [0.2, 0.25) is 0 Å². The van der Waals surface area contributed by atoms with E-state index < -0.39 is 0 Å². The van der Waals surface area contributed by atoms with Crippen molar-refractivity contribution in [3.05, 3.63) is 83.0 Å². The third-order valence-corrected chi connectivity index (χ3v) is 6.98. The molecule has 0 bridgehead atoms. The Kier molecular flexibility index (Phi) is 10.1. The number of carbonyl (C=O) groups is 1. The molecule has 1 aliphatic heterocycles. The van der Waals surface area contributed by atoms with E-state index in [2.05, 4.69) is 50.7 Å². The number of aliphatic hydroxyl groups is 1. The molecule has 0 aliphatic carbocycles. The van der Waals surface area contributed by atoms with E-state index in [-0.39, 0.29) is 18.1 Å². The van der Waals surface area contributed by atoms with Crippen molar-refractivity contribution in [2.24, 2.45) is 4.99 Å². The first-order valence-electron chi connectivity index (χ1n) is 14.5. The third-order valence-electron chi connectivity index (χ3n) is 6.98. The Labute approximate surface area is 248 Å². The van der Waals surface area contributed by atoms with Crippen LogP contribution in [0.3, 0.4) is 0 Å². The minimum absolute atomic E-state index is 0.144. The van der Waals surface area contributed by atoms with Crippen molar-refractivity contribution >= 4 is 23.1 Å². The van der Waals surface area contributed by atoms with Gasteiger partial charge < -0.3 is 15.7 Å². The van der Waals surface area contributed by atoms with Gasteiger partial charge in [-0.3, -0.25) is 19.1 Å². The zero-order valence-electron chi connectivity index (χ0n) is 25.7. The Hall–Kier alpha value is -4.02. The molecule has 0 atom stereocenters. The van der Waals surface area contributed by atoms with Gasteiger partial charge in [-0.2, -0.15) is 10.2 Å². The van der Waals surface area contributed by atoms with Gasteiger partial charge in [-0.25, -0.2) is 4.99 Å².